The van der Waals surface area contributed by atoms with Crippen LogP contribution in [0, 0.1) is 0 Å². The molecule has 0 aliphatic carbocycles. The van der Waals surface area contributed by atoms with E-state index in [1.54, 1.807) is 6.92 Å². The number of fused-ring (bicyclic) bond motifs is 1. The van der Waals surface area contributed by atoms with E-state index in [4.69, 9.17) is 4.74 Å². The van der Waals surface area contributed by atoms with Crippen LogP contribution in [0.3, 0.4) is 0 Å². The monoisotopic (exact) mass is 333 g/mol. The zero-order chi connectivity index (χ0) is 17.6. The number of hydrogen-bond acceptors (Lipinski definition) is 2. The van der Waals surface area contributed by atoms with Gasteiger partial charge in [0.25, 0.3) is 5.91 Å². The Bertz CT molecular complexity index is 845. The number of amides is 1. The minimum absolute atomic E-state index is 0.101. The van der Waals surface area contributed by atoms with Crippen molar-refractivity contribution in [1.82, 2.24) is 5.32 Å². The van der Waals surface area contributed by atoms with Gasteiger partial charge in [0.1, 0.15) is 5.75 Å². The first-order valence-corrected chi connectivity index (χ1v) is 8.61. The van der Waals surface area contributed by atoms with Gasteiger partial charge in [-0.1, -0.05) is 67.6 Å². The average Bonchev–Trinajstić information content (AvgIpc) is 2.66. The molecule has 0 heterocycles. The lowest BCUT2D eigenvalue weighted by Gasteiger charge is -2.17. The Morgan fingerprint density at radius 3 is 2.36 bits per heavy atom. The molecule has 0 fully saturated rings. The maximum absolute atomic E-state index is 12.3. The Morgan fingerprint density at radius 2 is 1.60 bits per heavy atom. The molecular weight excluding hydrogens is 310 g/mol. The van der Waals surface area contributed by atoms with Gasteiger partial charge in [0.05, 0.1) is 0 Å². The molecule has 0 aliphatic rings. The molecule has 0 unspecified atom stereocenters. The van der Waals surface area contributed by atoms with Crippen LogP contribution >= 0.6 is 0 Å². The highest BCUT2D eigenvalue weighted by Gasteiger charge is 2.16. The molecule has 25 heavy (non-hydrogen) atoms. The van der Waals surface area contributed by atoms with E-state index in [9.17, 15) is 4.79 Å². The molecule has 0 radical (unpaired) electrons. The van der Waals surface area contributed by atoms with Crippen LogP contribution in [-0.4, -0.2) is 18.6 Å². The van der Waals surface area contributed by atoms with E-state index in [1.165, 1.54) is 5.56 Å². The standard InChI is InChI=1S/C22H23NO2/c1-16(18-8-4-3-5-9-18)15-23-22(24)17(2)25-21-13-12-19-10-6-7-11-20(19)14-21/h3-14,16-17H,15H2,1-2H3,(H,23,24)/t16-,17-/m1/s1. The maximum Gasteiger partial charge on any atom is 0.260 e. The van der Waals surface area contributed by atoms with E-state index in [-0.39, 0.29) is 11.8 Å². The number of carbonyl (C=O) groups excluding carboxylic acids is 1. The van der Waals surface area contributed by atoms with Gasteiger partial charge in [0.2, 0.25) is 0 Å². The van der Waals surface area contributed by atoms with Crippen molar-refractivity contribution in [2.24, 2.45) is 0 Å². The number of benzene rings is 3. The van der Waals surface area contributed by atoms with E-state index in [2.05, 4.69) is 30.4 Å². The van der Waals surface area contributed by atoms with Crippen LogP contribution in [0.25, 0.3) is 10.8 Å². The molecule has 2 atom stereocenters. The summed E-state index contributed by atoms with van der Waals surface area (Å²) < 4.78 is 5.81. The van der Waals surface area contributed by atoms with Gasteiger partial charge >= 0.3 is 0 Å². The Morgan fingerprint density at radius 1 is 0.920 bits per heavy atom. The van der Waals surface area contributed by atoms with Crippen molar-refractivity contribution in [3.63, 3.8) is 0 Å². The second-order valence-electron chi connectivity index (χ2n) is 6.33. The van der Waals surface area contributed by atoms with Crippen molar-refractivity contribution in [1.29, 1.82) is 0 Å². The molecule has 0 saturated carbocycles. The van der Waals surface area contributed by atoms with Crippen LogP contribution < -0.4 is 10.1 Å². The Kier molecular flexibility index (Phi) is 5.34. The Hall–Kier alpha value is -2.81. The van der Waals surface area contributed by atoms with Crippen LogP contribution in [0.15, 0.2) is 72.8 Å². The zero-order valence-electron chi connectivity index (χ0n) is 14.6. The lowest BCUT2D eigenvalue weighted by molar-refractivity contribution is -0.127. The number of nitrogens with one attached hydrogen (secondary N) is 1. The van der Waals surface area contributed by atoms with Crippen molar-refractivity contribution in [2.45, 2.75) is 25.9 Å². The first-order chi connectivity index (χ1) is 12.1. The minimum Gasteiger partial charge on any atom is -0.481 e. The third-order valence-corrected chi connectivity index (χ3v) is 4.35. The number of hydrogen-bond donors (Lipinski definition) is 1. The van der Waals surface area contributed by atoms with E-state index < -0.39 is 6.10 Å². The molecule has 1 N–H and O–H groups in total. The summed E-state index contributed by atoms with van der Waals surface area (Å²) in [6.07, 6.45) is -0.538. The summed E-state index contributed by atoms with van der Waals surface area (Å²) in [5.41, 5.74) is 1.21. The van der Waals surface area contributed by atoms with Crippen molar-refractivity contribution in [2.75, 3.05) is 6.54 Å². The third-order valence-electron chi connectivity index (χ3n) is 4.35. The summed E-state index contributed by atoms with van der Waals surface area (Å²) in [6, 6.07) is 24.1. The second-order valence-corrected chi connectivity index (χ2v) is 6.33. The third kappa shape index (κ3) is 4.38. The van der Waals surface area contributed by atoms with Crippen LogP contribution in [0.4, 0.5) is 0 Å². The molecule has 0 spiro atoms. The van der Waals surface area contributed by atoms with E-state index in [1.807, 2.05) is 54.6 Å². The molecule has 0 bridgehead atoms. The normalized spacial score (nSPS) is 13.2. The highest BCUT2D eigenvalue weighted by Crippen LogP contribution is 2.21. The molecule has 3 heteroatoms. The van der Waals surface area contributed by atoms with Gasteiger partial charge in [-0.15, -0.1) is 0 Å². The van der Waals surface area contributed by atoms with Crippen molar-refractivity contribution < 1.29 is 9.53 Å². The predicted molar refractivity (Wildman–Crippen MR) is 102 cm³/mol. The van der Waals surface area contributed by atoms with Crippen LogP contribution in [-0.2, 0) is 4.79 Å². The fourth-order valence-electron chi connectivity index (χ4n) is 2.80. The van der Waals surface area contributed by atoms with Gasteiger partial charge < -0.3 is 10.1 Å². The van der Waals surface area contributed by atoms with Crippen molar-refractivity contribution in [3.8, 4) is 5.75 Å². The summed E-state index contributed by atoms with van der Waals surface area (Å²) in [4.78, 5) is 12.3. The first-order valence-electron chi connectivity index (χ1n) is 8.61. The molecule has 3 nitrogen and oxygen atoms in total. The fourth-order valence-corrected chi connectivity index (χ4v) is 2.80. The number of rotatable bonds is 6. The molecule has 0 aliphatic heterocycles. The lowest BCUT2D eigenvalue weighted by atomic mass is 10.0. The van der Waals surface area contributed by atoms with E-state index in [0.29, 0.717) is 12.3 Å². The Balaban J connectivity index is 1.56. The molecular formula is C22H23NO2. The van der Waals surface area contributed by atoms with Crippen molar-refractivity contribution in [3.05, 3.63) is 78.4 Å². The van der Waals surface area contributed by atoms with E-state index >= 15 is 0 Å². The SMILES string of the molecule is C[C@H](CNC(=O)[C@@H](C)Oc1ccc2ccccc2c1)c1ccccc1. The molecule has 3 rings (SSSR count). The molecule has 0 saturated heterocycles. The smallest absolute Gasteiger partial charge is 0.260 e. The van der Waals surface area contributed by atoms with Crippen LogP contribution in [0.5, 0.6) is 5.75 Å². The number of carbonyl (C=O) groups is 1. The lowest BCUT2D eigenvalue weighted by Crippen LogP contribution is -2.38. The molecule has 3 aromatic rings. The van der Waals surface area contributed by atoms with Gasteiger partial charge in [0, 0.05) is 6.54 Å². The van der Waals surface area contributed by atoms with Gasteiger partial charge in [0.15, 0.2) is 6.10 Å². The van der Waals surface area contributed by atoms with Crippen LogP contribution in [0.2, 0.25) is 0 Å². The fraction of sp³-hybridized carbons (Fsp3) is 0.227. The average molecular weight is 333 g/mol. The largest absolute Gasteiger partial charge is 0.481 e. The van der Waals surface area contributed by atoms with Gasteiger partial charge in [-0.3, -0.25) is 4.79 Å². The summed E-state index contributed by atoms with van der Waals surface area (Å²) >= 11 is 0. The highest BCUT2D eigenvalue weighted by atomic mass is 16.5. The van der Waals surface area contributed by atoms with Gasteiger partial charge in [-0.25, -0.2) is 0 Å². The molecule has 3 aromatic carbocycles. The molecule has 0 aromatic heterocycles. The topological polar surface area (TPSA) is 38.3 Å². The summed E-state index contributed by atoms with van der Waals surface area (Å²) in [7, 11) is 0. The summed E-state index contributed by atoms with van der Waals surface area (Å²) in [5, 5.41) is 5.23. The van der Waals surface area contributed by atoms with Gasteiger partial charge in [-0.05, 0) is 41.3 Å². The summed E-state index contributed by atoms with van der Waals surface area (Å²) in [5.74, 6) is 0.867. The quantitative estimate of drug-likeness (QED) is 0.720. The zero-order valence-corrected chi connectivity index (χ0v) is 14.6. The van der Waals surface area contributed by atoms with Crippen molar-refractivity contribution >= 4 is 16.7 Å². The maximum atomic E-state index is 12.3. The minimum atomic E-state index is -0.538. The molecule has 1 amide bonds. The summed E-state index contributed by atoms with van der Waals surface area (Å²) in [6.45, 7) is 4.47. The first kappa shape index (κ1) is 17.0. The van der Waals surface area contributed by atoms with E-state index in [0.717, 1.165) is 10.8 Å². The molecule has 128 valence electrons. The highest BCUT2D eigenvalue weighted by molar-refractivity contribution is 5.84. The predicted octanol–water partition coefficient (Wildman–Crippen LogP) is 4.53. The second kappa shape index (κ2) is 7.84. The van der Waals surface area contributed by atoms with Crippen LogP contribution in [0.1, 0.15) is 25.3 Å². The number of ether oxygens (including phenoxy) is 1. The Labute approximate surface area is 148 Å². The van der Waals surface area contributed by atoms with Gasteiger partial charge in [-0.2, -0.15) is 0 Å².